The fourth-order valence-corrected chi connectivity index (χ4v) is 6.86. The third-order valence-corrected chi connectivity index (χ3v) is 11.4. The highest BCUT2D eigenvalue weighted by atomic mass is 35.5. The van der Waals surface area contributed by atoms with Crippen LogP contribution in [0.1, 0.15) is 64.2 Å². The van der Waals surface area contributed by atoms with Crippen molar-refractivity contribution in [3.63, 3.8) is 0 Å². The molecule has 2 aliphatic carbocycles. The van der Waals surface area contributed by atoms with Gasteiger partial charge in [0.2, 0.25) is 0 Å². The van der Waals surface area contributed by atoms with E-state index in [0.717, 1.165) is 25.7 Å². The van der Waals surface area contributed by atoms with Gasteiger partial charge in [0.05, 0.1) is 51.2 Å². The van der Waals surface area contributed by atoms with Gasteiger partial charge in [-0.1, -0.05) is 166 Å². The molecule has 39 heavy (non-hydrogen) atoms. The van der Waals surface area contributed by atoms with Crippen LogP contribution in [0.4, 0.5) is 0 Å². The van der Waals surface area contributed by atoms with Gasteiger partial charge in [-0.2, -0.15) is 0 Å². The average Bonchev–Trinajstić information content (AvgIpc) is 2.95. The second-order valence-corrected chi connectivity index (χ2v) is 13.2. The molecule has 2 aromatic carbocycles. The van der Waals surface area contributed by atoms with E-state index in [0.29, 0.717) is 12.1 Å². The lowest BCUT2D eigenvalue weighted by molar-refractivity contribution is 0.379. The Morgan fingerprint density at radius 3 is 1.21 bits per heavy atom. The molecule has 14 heteroatoms. The number of amidine groups is 1. The summed E-state index contributed by atoms with van der Waals surface area (Å²) in [7, 11) is 0. The normalized spacial score (nSPS) is 17.1. The Morgan fingerprint density at radius 1 is 0.487 bits per heavy atom. The van der Waals surface area contributed by atoms with Crippen LogP contribution in [0.5, 0.6) is 5.75 Å². The summed E-state index contributed by atoms with van der Waals surface area (Å²) in [6, 6.07) is 1.00. The Morgan fingerprint density at radius 2 is 0.821 bits per heavy atom. The van der Waals surface area contributed by atoms with Crippen molar-refractivity contribution in [2.75, 3.05) is 0 Å². The topological polar surface area (TPSA) is 33.6 Å². The van der Waals surface area contributed by atoms with E-state index in [-0.39, 0.29) is 67.0 Å². The molecule has 0 heterocycles. The highest BCUT2D eigenvalue weighted by molar-refractivity contribution is 6.59. The molecule has 0 amide bonds. The van der Waals surface area contributed by atoms with E-state index in [1.807, 2.05) is 0 Å². The molecule has 0 atom stereocenters. The number of benzene rings is 2. The number of aliphatic imine (C=N–C) groups is 1. The number of nitrogens with one attached hydrogen (secondary N) is 1. The molecule has 2 aliphatic rings. The van der Waals surface area contributed by atoms with Crippen LogP contribution in [0.25, 0.3) is 0 Å². The van der Waals surface area contributed by atoms with Crippen LogP contribution in [0, 0.1) is 0 Å². The molecule has 0 radical (unpaired) electrons. The first-order valence-electron chi connectivity index (χ1n) is 12.1. The minimum atomic E-state index is 0.109. The molecule has 3 nitrogen and oxygen atoms in total. The van der Waals surface area contributed by atoms with E-state index >= 15 is 0 Å². The van der Waals surface area contributed by atoms with Gasteiger partial charge in [0.15, 0.2) is 5.75 Å². The molecule has 2 aromatic rings. The van der Waals surface area contributed by atoms with Gasteiger partial charge in [0, 0.05) is 6.04 Å². The number of nitrogens with zero attached hydrogens (tertiary/aromatic N) is 1. The van der Waals surface area contributed by atoms with Crippen molar-refractivity contribution >= 4 is 134 Å². The first-order valence-corrected chi connectivity index (χ1v) is 16.3. The van der Waals surface area contributed by atoms with E-state index in [2.05, 4.69) is 5.32 Å². The predicted molar refractivity (Wildman–Crippen MR) is 173 cm³/mol. The summed E-state index contributed by atoms with van der Waals surface area (Å²) in [4.78, 5) is 4.84. The van der Waals surface area contributed by atoms with Gasteiger partial charge in [-0.3, -0.25) is 0 Å². The number of ether oxygens (including phenoxy) is 1. The fourth-order valence-electron chi connectivity index (χ4n) is 4.24. The van der Waals surface area contributed by atoms with Crippen LogP contribution < -0.4 is 10.1 Å². The molecule has 4 rings (SSSR count). The van der Waals surface area contributed by atoms with Crippen LogP contribution in [-0.2, 0) is 0 Å². The summed E-state index contributed by atoms with van der Waals surface area (Å²) >= 11 is 65.1. The first-order chi connectivity index (χ1) is 18.4. The van der Waals surface area contributed by atoms with Crippen molar-refractivity contribution in [3.05, 3.63) is 55.2 Å². The molecule has 0 bridgehead atoms. The molecular weight excluding hydrogens is 734 g/mol. The zero-order valence-electron chi connectivity index (χ0n) is 20.2. The molecule has 0 saturated heterocycles. The van der Waals surface area contributed by atoms with E-state index in [1.54, 1.807) is 0 Å². The lowest BCUT2D eigenvalue weighted by Gasteiger charge is -2.26. The third-order valence-electron chi connectivity index (χ3n) is 6.33. The Kier molecular flexibility index (Phi) is 14.2. The summed E-state index contributed by atoms with van der Waals surface area (Å²) in [5, 5.41) is 4.74. The Hall–Kier alpha value is 0.900. The molecule has 0 spiro atoms. The van der Waals surface area contributed by atoms with Crippen molar-refractivity contribution in [3.8, 4) is 5.75 Å². The van der Waals surface area contributed by atoms with Gasteiger partial charge in [0.1, 0.15) is 10.0 Å². The molecule has 216 valence electrons. The standard InChI is InChI=1S/C19H23Cl5N2O.C6Cl6/c20-13-14(21)16(23)18(17(24)15(13)22)27-19(25-11-7-3-1-4-8-11)26-12-9-5-2-6-10-12;7-1-2(8)4(10)6(12)5(11)3(1)9/h11-12H,1-10H2,(H,25,26);. The Labute approximate surface area is 283 Å². The lowest BCUT2D eigenvalue weighted by atomic mass is 9.95. The Balaban J connectivity index is 0.000000293. The molecule has 1 N–H and O–H groups in total. The maximum absolute atomic E-state index is 6.34. The maximum Gasteiger partial charge on any atom is 0.290 e. The molecule has 2 saturated carbocycles. The van der Waals surface area contributed by atoms with Gasteiger partial charge in [-0.05, 0) is 25.7 Å². The highest BCUT2D eigenvalue weighted by Gasteiger charge is 2.25. The molecule has 0 unspecified atom stereocenters. The average molecular weight is 757 g/mol. The van der Waals surface area contributed by atoms with Crippen LogP contribution in [-0.4, -0.2) is 18.1 Å². The van der Waals surface area contributed by atoms with E-state index in [9.17, 15) is 0 Å². The van der Waals surface area contributed by atoms with Crippen molar-refractivity contribution in [2.24, 2.45) is 4.99 Å². The van der Waals surface area contributed by atoms with E-state index in [4.69, 9.17) is 137 Å². The zero-order chi connectivity index (χ0) is 28.9. The molecule has 2 fully saturated rings. The number of hydrogen-bond acceptors (Lipinski definition) is 2. The Bertz CT molecular complexity index is 1080. The molecule has 0 aliphatic heterocycles. The van der Waals surface area contributed by atoms with Crippen molar-refractivity contribution in [1.29, 1.82) is 0 Å². The summed E-state index contributed by atoms with van der Waals surface area (Å²) in [6.45, 7) is 0. The van der Waals surface area contributed by atoms with E-state index in [1.165, 1.54) is 38.5 Å². The SMILES string of the molecule is Clc1c(Cl)c(Cl)c(Cl)c(Cl)c1Cl.Clc1c(Cl)c(Cl)c(OC(=NC2CCCCC2)NC2CCCCC2)c(Cl)c1Cl. The van der Waals surface area contributed by atoms with Crippen LogP contribution in [0.15, 0.2) is 4.99 Å². The lowest BCUT2D eigenvalue weighted by Crippen LogP contribution is -2.40. The fraction of sp³-hybridized carbons (Fsp3) is 0.480. The monoisotopic (exact) mass is 752 g/mol. The van der Waals surface area contributed by atoms with Gasteiger partial charge in [0.25, 0.3) is 6.02 Å². The van der Waals surface area contributed by atoms with Crippen molar-refractivity contribution in [2.45, 2.75) is 76.3 Å². The first kappa shape index (κ1) is 34.4. The molecule has 0 aromatic heterocycles. The smallest absolute Gasteiger partial charge is 0.290 e. The van der Waals surface area contributed by atoms with Crippen LogP contribution >= 0.6 is 128 Å². The van der Waals surface area contributed by atoms with Gasteiger partial charge >= 0.3 is 0 Å². The summed E-state index contributed by atoms with van der Waals surface area (Å²) < 4.78 is 6.05. The zero-order valence-corrected chi connectivity index (χ0v) is 28.6. The second-order valence-electron chi connectivity index (χ2n) is 9.09. The summed E-state index contributed by atoms with van der Waals surface area (Å²) in [5.74, 6) is 0.190. The number of halogens is 11. The number of rotatable bonds is 3. The second kappa shape index (κ2) is 16.1. The van der Waals surface area contributed by atoms with Gasteiger partial charge in [-0.15, -0.1) is 0 Å². The highest BCUT2D eigenvalue weighted by Crippen LogP contribution is 2.48. The van der Waals surface area contributed by atoms with Gasteiger partial charge in [-0.25, -0.2) is 4.99 Å². The van der Waals surface area contributed by atoms with Gasteiger partial charge < -0.3 is 10.1 Å². The summed E-state index contributed by atoms with van der Waals surface area (Å²) in [6.07, 6.45) is 11.6. The van der Waals surface area contributed by atoms with Crippen molar-refractivity contribution < 1.29 is 4.74 Å². The van der Waals surface area contributed by atoms with Crippen LogP contribution in [0.2, 0.25) is 55.2 Å². The molecular formula is C25H23Cl11N2O. The quantitative estimate of drug-likeness (QED) is 0.146. The maximum atomic E-state index is 6.34. The third kappa shape index (κ3) is 8.96. The minimum Gasteiger partial charge on any atom is -0.423 e. The summed E-state index contributed by atoms with van der Waals surface area (Å²) in [5.41, 5.74) is 0. The predicted octanol–water partition coefficient (Wildman–Crippen LogP) is 13.6. The van der Waals surface area contributed by atoms with E-state index < -0.39 is 0 Å². The van der Waals surface area contributed by atoms with Crippen LogP contribution in [0.3, 0.4) is 0 Å². The van der Waals surface area contributed by atoms with Crippen molar-refractivity contribution in [1.82, 2.24) is 5.32 Å². The number of hydrogen-bond donors (Lipinski definition) is 1. The minimum absolute atomic E-state index is 0.109. The largest absolute Gasteiger partial charge is 0.423 e.